The lowest BCUT2D eigenvalue weighted by Gasteiger charge is -2.11. The third-order valence-corrected chi connectivity index (χ3v) is 6.80. The number of ether oxygens (including phenoxy) is 1. The second kappa shape index (κ2) is 9.77. The molecule has 174 valence electrons. The van der Waals surface area contributed by atoms with Crippen LogP contribution in [-0.2, 0) is 16.6 Å². The normalized spacial score (nSPS) is 11.8. The van der Waals surface area contributed by atoms with Gasteiger partial charge in [0.25, 0.3) is 0 Å². The summed E-state index contributed by atoms with van der Waals surface area (Å²) in [5.74, 6) is 1.40. The van der Waals surface area contributed by atoms with Crippen LogP contribution in [-0.4, -0.2) is 45.8 Å². The minimum Gasteiger partial charge on any atom is -0.497 e. The van der Waals surface area contributed by atoms with E-state index in [-0.39, 0.29) is 11.6 Å². The molecule has 0 fully saturated rings. The highest BCUT2D eigenvalue weighted by Crippen LogP contribution is 2.38. The minimum absolute atomic E-state index is 0.0439. The van der Waals surface area contributed by atoms with Gasteiger partial charge in [-0.05, 0) is 31.0 Å². The smallest absolute Gasteiger partial charge is 0.227 e. The van der Waals surface area contributed by atoms with E-state index in [1.807, 2.05) is 22.8 Å². The molecule has 0 aliphatic carbocycles. The fourth-order valence-corrected chi connectivity index (χ4v) is 4.98. The van der Waals surface area contributed by atoms with E-state index < -0.39 is 10.0 Å². The number of fused-ring (bicyclic) bond motifs is 1. The third-order valence-electron chi connectivity index (χ3n) is 4.89. The molecule has 0 spiro atoms. The van der Waals surface area contributed by atoms with E-state index in [2.05, 4.69) is 15.0 Å². The van der Waals surface area contributed by atoms with Crippen molar-refractivity contribution in [1.82, 2.24) is 24.5 Å². The van der Waals surface area contributed by atoms with Crippen molar-refractivity contribution in [2.24, 2.45) is 5.14 Å². The largest absolute Gasteiger partial charge is 0.497 e. The number of methoxy groups -OCH3 is 1. The molecule has 0 saturated carbocycles. The Hall–Kier alpha value is -3.16. The zero-order valence-electron chi connectivity index (χ0n) is 17.8. The molecule has 4 aromatic rings. The molecule has 3 heterocycles. The molecule has 0 atom stereocenters. The molecule has 0 radical (unpaired) electrons. The van der Waals surface area contributed by atoms with E-state index in [0.717, 1.165) is 10.5 Å². The number of oxazole rings is 1. The number of hydrogen-bond donors (Lipinski definition) is 2. The van der Waals surface area contributed by atoms with E-state index in [9.17, 15) is 8.42 Å². The first-order chi connectivity index (χ1) is 15.9. The van der Waals surface area contributed by atoms with Crippen molar-refractivity contribution in [3.8, 4) is 17.2 Å². The highest BCUT2D eigenvalue weighted by molar-refractivity contribution is 7.99. The van der Waals surface area contributed by atoms with Crippen LogP contribution >= 0.6 is 11.8 Å². The summed E-state index contributed by atoms with van der Waals surface area (Å²) in [4.78, 5) is 18.2. The lowest BCUT2D eigenvalue weighted by atomic mass is 10.2. The maximum Gasteiger partial charge on any atom is 0.227 e. The summed E-state index contributed by atoms with van der Waals surface area (Å²) in [6, 6.07) is 5.60. The van der Waals surface area contributed by atoms with E-state index in [1.165, 1.54) is 24.4 Å². The second-order valence-electron chi connectivity index (χ2n) is 7.21. The number of imidazole rings is 1. The van der Waals surface area contributed by atoms with Crippen LogP contribution in [0.1, 0.15) is 19.3 Å². The monoisotopic (exact) mass is 489 g/mol. The molecule has 4 N–H and O–H groups in total. The molecular formula is C20H23N7O4S2. The molecule has 1 aromatic carbocycles. The van der Waals surface area contributed by atoms with Crippen molar-refractivity contribution in [2.45, 2.75) is 35.9 Å². The Labute approximate surface area is 194 Å². The second-order valence-corrected chi connectivity index (χ2v) is 9.95. The first-order valence-corrected chi connectivity index (χ1v) is 12.6. The molecule has 4 rings (SSSR count). The minimum atomic E-state index is -3.47. The topological polar surface area (TPSA) is 165 Å². The molecule has 0 saturated heterocycles. The number of nitrogens with two attached hydrogens (primary N) is 2. The molecule has 13 heteroatoms. The van der Waals surface area contributed by atoms with Gasteiger partial charge in [-0.25, -0.2) is 33.5 Å². The Bertz CT molecular complexity index is 1350. The van der Waals surface area contributed by atoms with Crippen LogP contribution in [0.15, 0.2) is 51.5 Å². The Morgan fingerprint density at radius 2 is 2.03 bits per heavy atom. The van der Waals surface area contributed by atoms with Crippen molar-refractivity contribution < 1.29 is 17.6 Å². The summed E-state index contributed by atoms with van der Waals surface area (Å²) in [6.07, 6.45) is 6.37. The highest BCUT2D eigenvalue weighted by atomic mass is 32.2. The van der Waals surface area contributed by atoms with E-state index in [4.69, 9.17) is 25.0 Å². The van der Waals surface area contributed by atoms with E-state index >= 15 is 0 Å². The van der Waals surface area contributed by atoms with Gasteiger partial charge in [0.15, 0.2) is 22.1 Å². The van der Waals surface area contributed by atoms with Gasteiger partial charge in [0.2, 0.25) is 15.9 Å². The zero-order chi connectivity index (χ0) is 23.4. The summed E-state index contributed by atoms with van der Waals surface area (Å²) in [7, 11) is -1.87. The van der Waals surface area contributed by atoms with Crippen molar-refractivity contribution in [2.75, 3.05) is 18.6 Å². The van der Waals surface area contributed by atoms with Crippen molar-refractivity contribution in [3.05, 3.63) is 37.0 Å². The van der Waals surface area contributed by atoms with Crippen LogP contribution in [0.5, 0.6) is 5.75 Å². The number of primary sulfonamides is 1. The average molecular weight is 490 g/mol. The number of nitrogens with zero attached hydrogens (tertiary/aromatic N) is 5. The third kappa shape index (κ3) is 5.43. The number of aromatic nitrogens is 5. The number of nitrogen functional groups attached to an aromatic ring is 1. The van der Waals surface area contributed by atoms with Crippen molar-refractivity contribution in [1.29, 1.82) is 0 Å². The lowest BCUT2D eigenvalue weighted by molar-refractivity contribution is 0.413. The fraction of sp³-hybridized carbons (Fsp3) is 0.300. The first-order valence-electron chi connectivity index (χ1n) is 10.1. The maximum absolute atomic E-state index is 11.2. The van der Waals surface area contributed by atoms with Gasteiger partial charge >= 0.3 is 0 Å². The van der Waals surface area contributed by atoms with E-state index in [1.54, 1.807) is 13.3 Å². The maximum atomic E-state index is 11.2. The van der Waals surface area contributed by atoms with Crippen molar-refractivity contribution >= 4 is 38.8 Å². The molecular weight excluding hydrogens is 466 g/mol. The van der Waals surface area contributed by atoms with Crippen LogP contribution in [0.25, 0.3) is 22.6 Å². The van der Waals surface area contributed by atoms with Crippen LogP contribution in [0.3, 0.4) is 0 Å². The van der Waals surface area contributed by atoms with Gasteiger partial charge in [-0.1, -0.05) is 18.2 Å². The summed E-state index contributed by atoms with van der Waals surface area (Å²) < 4.78 is 35.2. The SMILES string of the molecule is COc1ccc(-c2ncco2)c(Sc2nc3c(N)ncnc3n2CCCCCS(N)(=O)=O)c1. The van der Waals surface area contributed by atoms with Gasteiger partial charge in [0.05, 0.1) is 24.6 Å². The number of sulfonamides is 1. The molecule has 3 aromatic heterocycles. The number of hydrogen-bond acceptors (Lipinski definition) is 10. The van der Waals surface area contributed by atoms with Gasteiger partial charge in [0.1, 0.15) is 18.3 Å². The van der Waals surface area contributed by atoms with Crippen LogP contribution < -0.4 is 15.6 Å². The molecule has 33 heavy (non-hydrogen) atoms. The first kappa shape index (κ1) is 23.0. The van der Waals surface area contributed by atoms with Crippen molar-refractivity contribution in [3.63, 3.8) is 0 Å². The number of rotatable bonds is 10. The number of benzene rings is 1. The molecule has 0 unspecified atom stereocenters. The summed E-state index contributed by atoms with van der Waals surface area (Å²) in [5, 5.41) is 5.75. The van der Waals surface area contributed by atoms with Gasteiger partial charge in [-0.2, -0.15) is 0 Å². The van der Waals surface area contributed by atoms with Gasteiger partial charge in [-0.15, -0.1) is 0 Å². The standard InChI is InChI=1S/C20H23N7O4S2/c1-30-13-5-6-14(19-23-7-9-31-19)15(11-13)32-20-26-16-17(21)24-12-25-18(16)27(20)8-3-2-4-10-33(22,28)29/h5-7,9,11-12H,2-4,8,10H2,1H3,(H2,21,24,25)(H2,22,28,29). The average Bonchev–Trinajstić information content (AvgIpc) is 3.42. The van der Waals surface area contributed by atoms with Gasteiger partial charge in [0, 0.05) is 11.4 Å². The number of aryl methyl sites for hydroxylation is 1. The Morgan fingerprint density at radius 1 is 1.18 bits per heavy atom. The fourth-order valence-electron chi connectivity index (χ4n) is 3.31. The van der Waals surface area contributed by atoms with Gasteiger partial charge < -0.3 is 19.5 Å². The predicted octanol–water partition coefficient (Wildman–Crippen LogP) is 2.68. The molecule has 0 aliphatic rings. The van der Waals surface area contributed by atoms with Crippen LogP contribution in [0, 0.1) is 0 Å². The summed E-state index contributed by atoms with van der Waals surface area (Å²) in [5.41, 5.74) is 7.95. The quantitative estimate of drug-likeness (QED) is 0.316. The predicted molar refractivity (Wildman–Crippen MR) is 124 cm³/mol. The Morgan fingerprint density at radius 3 is 2.76 bits per heavy atom. The summed E-state index contributed by atoms with van der Waals surface area (Å²) >= 11 is 1.40. The molecule has 0 bridgehead atoms. The van der Waals surface area contributed by atoms with Crippen LogP contribution in [0.2, 0.25) is 0 Å². The van der Waals surface area contributed by atoms with E-state index in [0.29, 0.717) is 53.8 Å². The molecule has 11 nitrogen and oxygen atoms in total. The number of anilines is 1. The lowest BCUT2D eigenvalue weighted by Crippen LogP contribution is -2.16. The molecule has 0 aliphatic heterocycles. The Balaban J connectivity index is 1.67. The highest BCUT2D eigenvalue weighted by Gasteiger charge is 2.19. The number of unbranched alkanes of at least 4 members (excludes halogenated alkanes) is 2. The van der Waals surface area contributed by atoms with Gasteiger partial charge in [-0.3, -0.25) is 0 Å². The molecule has 0 amide bonds. The zero-order valence-corrected chi connectivity index (χ0v) is 19.5. The summed E-state index contributed by atoms with van der Waals surface area (Å²) in [6.45, 7) is 0.568. The Kier molecular flexibility index (Phi) is 6.81. The van der Waals surface area contributed by atoms with Crippen LogP contribution in [0.4, 0.5) is 5.82 Å².